The van der Waals surface area contributed by atoms with Crippen LogP contribution in [0.15, 0.2) is 0 Å². The molecule has 0 rings (SSSR count). The van der Waals surface area contributed by atoms with Gasteiger partial charge in [0.05, 0.1) is 0 Å². The molecule has 0 amide bonds. The Labute approximate surface area is 119 Å². The molecule has 0 aliphatic carbocycles. The average molecular weight is 246 g/mol. The third-order valence-electron chi connectivity index (χ3n) is 0. The Hall–Kier alpha value is 3.62. The fourth-order valence-electron chi connectivity index (χ4n) is 0. The Morgan fingerprint density at radius 3 is 1.00 bits per heavy atom. The van der Waals surface area contributed by atoms with Crippen LogP contribution in [0.1, 0.15) is 0 Å². The minimum absolute atomic E-state index is 0. The predicted octanol–water partition coefficient (Wildman–Crippen LogP) is -1.08. The van der Waals surface area contributed by atoms with Crippen LogP contribution in [0.4, 0.5) is 0 Å². The number of halogens is 2. The van der Waals surface area contributed by atoms with Crippen LogP contribution in [0.2, 0.25) is 0 Å². The van der Waals surface area contributed by atoms with Gasteiger partial charge in [0.1, 0.15) is 0 Å². The molecule has 0 aliphatic heterocycles. The first-order valence-electron chi connectivity index (χ1n) is 0. The van der Waals surface area contributed by atoms with Crippen molar-refractivity contribution in [2.45, 2.75) is 0 Å². The molecule has 0 aliphatic rings. The first kappa shape index (κ1) is 38.2. The van der Waals surface area contributed by atoms with E-state index in [1.165, 1.54) is 0 Å². The van der Waals surface area contributed by atoms with Crippen LogP contribution in [-0.4, -0.2) is 86.4 Å². The van der Waals surface area contributed by atoms with E-state index in [1.807, 2.05) is 0 Å². The second-order valence-corrected chi connectivity index (χ2v) is 0. The molecule has 2 N–H and O–H groups in total. The molecule has 5 heavy (non-hydrogen) atoms. The van der Waals surface area contributed by atoms with E-state index in [2.05, 4.69) is 0 Å². The average Bonchev–Trinajstić information content (AvgIpc) is 0. The molecule has 0 atom stereocenters. The summed E-state index contributed by atoms with van der Waals surface area (Å²) in [7, 11) is 0. The summed E-state index contributed by atoms with van der Waals surface area (Å²) >= 11 is 0. The summed E-state index contributed by atoms with van der Waals surface area (Å²) < 4.78 is 0. The zero-order chi connectivity index (χ0) is 0. The molecule has 0 aromatic rings. The van der Waals surface area contributed by atoms with Gasteiger partial charge in [-0.25, -0.2) is 0 Å². The predicted molar refractivity (Wildman–Crippen MR) is 40.6 cm³/mol. The van der Waals surface area contributed by atoms with E-state index < -0.39 is 0 Å². The summed E-state index contributed by atoms with van der Waals surface area (Å²) in [4.78, 5) is 0. The van der Waals surface area contributed by atoms with Crippen LogP contribution in [0.3, 0.4) is 0 Å². The van der Waals surface area contributed by atoms with Gasteiger partial charge in [-0.1, -0.05) is 0 Å². The van der Waals surface area contributed by atoms with Crippen LogP contribution in [-0.2, 0) is 0 Å². The third-order valence-corrected chi connectivity index (χ3v) is 0. The number of rotatable bonds is 0. The Morgan fingerprint density at radius 1 is 1.00 bits per heavy atom. The first-order chi connectivity index (χ1) is 0. The van der Waals surface area contributed by atoms with Crippen molar-refractivity contribution in [3.8, 4) is 0 Å². The van der Waals surface area contributed by atoms with Crippen molar-refractivity contribution in [1.29, 1.82) is 0 Å². The first-order valence-corrected chi connectivity index (χ1v) is 0. The Kier molecular flexibility index (Phi) is 195. The van der Waals surface area contributed by atoms with Crippen molar-refractivity contribution in [3.63, 3.8) is 0 Å². The van der Waals surface area contributed by atoms with Crippen molar-refractivity contribution in [1.82, 2.24) is 0 Å². The number of hydrogen-bond acceptors (Lipinski definition) is 0. The van der Waals surface area contributed by atoms with Crippen LogP contribution >= 0.6 is 36.4 Å². The Morgan fingerprint density at radius 2 is 1.00 bits per heavy atom. The van der Waals surface area contributed by atoms with Crippen molar-refractivity contribution < 1.29 is 5.48 Å². The monoisotopic (exact) mass is 246 g/mol. The maximum absolute atomic E-state index is 0. The molecule has 0 heterocycles. The molecule has 0 aromatic carbocycles. The van der Waals surface area contributed by atoms with Gasteiger partial charge in [-0.05, 0) is 0 Å². The van der Waals surface area contributed by atoms with Gasteiger partial charge < -0.3 is 5.48 Å². The summed E-state index contributed by atoms with van der Waals surface area (Å²) in [5, 5.41) is 0. The van der Waals surface area contributed by atoms with Crippen molar-refractivity contribution >= 4 is 117 Å². The Bertz CT molecular complexity index is 11.6. The molecular weight excluding hydrogens is 240 g/mol. The van der Waals surface area contributed by atoms with E-state index in [-0.39, 0.29) is 123 Å². The summed E-state index contributed by atoms with van der Waals surface area (Å²) in [6.45, 7) is 0. The van der Waals surface area contributed by atoms with Crippen molar-refractivity contribution in [2.75, 3.05) is 0 Å². The van der Waals surface area contributed by atoms with Crippen LogP contribution in [0.25, 0.3) is 0 Å². The molecule has 0 fully saturated rings. The molecular formula is H6ClIKNaO. The summed E-state index contributed by atoms with van der Waals surface area (Å²) in [6, 6.07) is 0. The molecule has 0 saturated heterocycles. The standard InChI is InChI=1S/ClH.HI.K.Na.H2O.2H/h2*1H;;;1H2;;. The SMILES string of the molecule is Cl.I.O.[KH].[NaH]. The van der Waals surface area contributed by atoms with Gasteiger partial charge in [-0.3, -0.25) is 0 Å². The summed E-state index contributed by atoms with van der Waals surface area (Å²) in [5.74, 6) is 0. The van der Waals surface area contributed by atoms with E-state index in [4.69, 9.17) is 0 Å². The maximum atomic E-state index is 0. The molecule has 0 radical (unpaired) electrons. The molecule has 0 bridgehead atoms. The van der Waals surface area contributed by atoms with Gasteiger partial charge in [-0.2, -0.15) is 0 Å². The molecule has 0 saturated carbocycles. The summed E-state index contributed by atoms with van der Waals surface area (Å²) in [5.41, 5.74) is 0. The zero-order valence-corrected chi connectivity index (χ0v) is 4.46. The van der Waals surface area contributed by atoms with E-state index in [0.29, 0.717) is 0 Å². The third kappa shape index (κ3) is 18.4. The van der Waals surface area contributed by atoms with E-state index >= 15 is 0 Å². The van der Waals surface area contributed by atoms with Crippen molar-refractivity contribution in [3.05, 3.63) is 0 Å². The van der Waals surface area contributed by atoms with Gasteiger partial charge in [0.2, 0.25) is 0 Å². The zero-order valence-electron chi connectivity index (χ0n) is 1.32. The number of hydrogen-bond donors (Lipinski definition) is 0. The molecule has 0 unspecified atom stereocenters. The van der Waals surface area contributed by atoms with Gasteiger partial charge in [-0.15, -0.1) is 36.4 Å². The van der Waals surface area contributed by atoms with Gasteiger partial charge in [0.25, 0.3) is 0 Å². The molecule has 5 heteroatoms. The fraction of sp³-hybridized carbons (Fsp3) is 0. The molecule has 1 nitrogen and oxygen atoms in total. The van der Waals surface area contributed by atoms with Crippen molar-refractivity contribution in [2.24, 2.45) is 0 Å². The summed E-state index contributed by atoms with van der Waals surface area (Å²) in [6.07, 6.45) is 0. The molecule has 0 spiro atoms. The molecule has 0 aromatic heterocycles. The van der Waals surface area contributed by atoms with Gasteiger partial charge in [0.15, 0.2) is 0 Å². The normalized spacial score (nSPS) is 0. The molecule has 28 valence electrons. The topological polar surface area (TPSA) is 31.5 Å². The van der Waals surface area contributed by atoms with E-state index in [1.54, 1.807) is 0 Å². The van der Waals surface area contributed by atoms with Gasteiger partial charge in [0, 0.05) is 0 Å². The quantitative estimate of drug-likeness (QED) is 0.385. The van der Waals surface area contributed by atoms with E-state index in [9.17, 15) is 0 Å². The van der Waals surface area contributed by atoms with Crippen LogP contribution in [0, 0.1) is 0 Å². The van der Waals surface area contributed by atoms with Crippen LogP contribution in [0.5, 0.6) is 0 Å². The minimum atomic E-state index is 0. The van der Waals surface area contributed by atoms with Crippen LogP contribution < -0.4 is 0 Å². The fourth-order valence-corrected chi connectivity index (χ4v) is 0. The van der Waals surface area contributed by atoms with E-state index in [0.717, 1.165) is 0 Å². The second-order valence-electron chi connectivity index (χ2n) is 0. The Balaban J connectivity index is 0. The van der Waals surface area contributed by atoms with Gasteiger partial charge >= 0.3 is 80.9 Å². The second kappa shape index (κ2) is 25.5.